The number of amides is 2. The minimum absolute atomic E-state index is 0.0659. The Kier molecular flexibility index (Phi) is 4.39. The number of aromatic nitrogens is 2. The number of carbonyl (C=O) groups excluding carboxylic acids is 2. The van der Waals surface area contributed by atoms with E-state index in [-0.39, 0.29) is 23.8 Å². The van der Waals surface area contributed by atoms with Gasteiger partial charge in [0.15, 0.2) is 0 Å². The summed E-state index contributed by atoms with van der Waals surface area (Å²) in [5.41, 5.74) is 0. The minimum atomic E-state index is -0.192. The molecule has 1 aromatic heterocycles. The Morgan fingerprint density at radius 1 is 1.30 bits per heavy atom. The van der Waals surface area contributed by atoms with Crippen LogP contribution in [-0.2, 0) is 16.6 Å². The summed E-state index contributed by atoms with van der Waals surface area (Å²) in [6.07, 6.45) is 4.08. The molecule has 0 unspecified atom stereocenters. The zero-order valence-corrected chi connectivity index (χ0v) is 14.1. The summed E-state index contributed by atoms with van der Waals surface area (Å²) in [6.45, 7) is 5.82. The van der Waals surface area contributed by atoms with E-state index in [0.717, 1.165) is 25.5 Å². The summed E-state index contributed by atoms with van der Waals surface area (Å²) in [6, 6.07) is 0.118. The average Bonchev–Trinajstić information content (AvgIpc) is 3.12. The number of piperazine rings is 1. The van der Waals surface area contributed by atoms with Crippen LogP contribution in [0.25, 0.3) is 0 Å². The molecular formula is C16H25N5O2. The highest BCUT2D eigenvalue weighted by atomic mass is 16.2. The Morgan fingerprint density at radius 2 is 2.09 bits per heavy atom. The molecule has 23 heavy (non-hydrogen) atoms. The summed E-state index contributed by atoms with van der Waals surface area (Å²) in [4.78, 5) is 34.9. The van der Waals surface area contributed by atoms with E-state index in [0.29, 0.717) is 19.5 Å². The van der Waals surface area contributed by atoms with E-state index in [2.05, 4.69) is 16.8 Å². The van der Waals surface area contributed by atoms with Gasteiger partial charge in [0, 0.05) is 59.1 Å². The third-order valence-electron chi connectivity index (χ3n) is 5.06. The normalized spacial score (nSPS) is 26.1. The van der Waals surface area contributed by atoms with Gasteiger partial charge in [-0.05, 0) is 6.54 Å². The molecule has 126 valence electrons. The Labute approximate surface area is 136 Å². The monoisotopic (exact) mass is 319 g/mol. The van der Waals surface area contributed by atoms with Gasteiger partial charge in [-0.3, -0.25) is 14.5 Å². The molecule has 0 bridgehead atoms. The van der Waals surface area contributed by atoms with Crippen LogP contribution in [0.15, 0.2) is 12.4 Å². The fraction of sp³-hybridized carbons (Fsp3) is 0.688. The molecule has 2 aliphatic rings. The highest BCUT2D eigenvalue weighted by Gasteiger charge is 2.38. The van der Waals surface area contributed by atoms with Crippen molar-refractivity contribution in [2.24, 2.45) is 13.0 Å². The third kappa shape index (κ3) is 2.97. The van der Waals surface area contributed by atoms with Crippen LogP contribution in [0.4, 0.5) is 0 Å². The zero-order valence-electron chi connectivity index (χ0n) is 14.1. The van der Waals surface area contributed by atoms with Crippen molar-refractivity contribution >= 4 is 11.8 Å². The molecule has 0 aromatic carbocycles. The van der Waals surface area contributed by atoms with Crippen molar-refractivity contribution in [3.63, 3.8) is 0 Å². The molecule has 2 atom stereocenters. The van der Waals surface area contributed by atoms with Gasteiger partial charge in [0.25, 0.3) is 0 Å². The van der Waals surface area contributed by atoms with Gasteiger partial charge >= 0.3 is 0 Å². The highest BCUT2D eigenvalue weighted by molar-refractivity contribution is 5.89. The quantitative estimate of drug-likeness (QED) is 0.793. The number of hydrogen-bond donors (Lipinski definition) is 0. The number of rotatable bonds is 3. The molecule has 1 aromatic rings. The zero-order chi connectivity index (χ0) is 16.6. The standard InChI is InChI=1S/C16H25N5O2/c1-4-20-7-8-21(11-13(20)15-17-5-6-18(15)2)16(23)12-9-14(22)19(3)10-12/h5-6,12-13H,4,7-11H2,1-3H3/t12-,13-/m1/s1. The molecule has 7 nitrogen and oxygen atoms in total. The fourth-order valence-corrected chi connectivity index (χ4v) is 3.63. The molecule has 0 aliphatic carbocycles. The molecule has 3 rings (SSSR count). The van der Waals surface area contributed by atoms with Gasteiger partial charge in [0.1, 0.15) is 5.82 Å². The molecule has 0 radical (unpaired) electrons. The van der Waals surface area contributed by atoms with E-state index in [4.69, 9.17) is 0 Å². The lowest BCUT2D eigenvalue weighted by atomic mass is 10.0. The molecule has 3 heterocycles. The van der Waals surface area contributed by atoms with Crippen LogP contribution in [0.2, 0.25) is 0 Å². The maximum atomic E-state index is 12.8. The second kappa shape index (κ2) is 6.31. The molecule has 2 aliphatic heterocycles. The van der Waals surface area contributed by atoms with Crippen molar-refractivity contribution in [2.45, 2.75) is 19.4 Å². The second-order valence-corrected chi connectivity index (χ2v) is 6.50. The number of hydrogen-bond acceptors (Lipinski definition) is 4. The van der Waals surface area contributed by atoms with E-state index in [9.17, 15) is 9.59 Å². The van der Waals surface area contributed by atoms with Crippen LogP contribution < -0.4 is 0 Å². The molecule has 7 heteroatoms. The van der Waals surface area contributed by atoms with Crippen LogP contribution in [0, 0.1) is 5.92 Å². The van der Waals surface area contributed by atoms with Crippen LogP contribution in [-0.4, -0.2) is 75.8 Å². The van der Waals surface area contributed by atoms with Gasteiger partial charge in [-0.25, -0.2) is 4.98 Å². The molecule has 2 saturated heterocycles. The van der Waals surface area contributed by atoms with E-state index < -0.39 is 0 Å². The average molecular weight is 319 g/mol. The predicted molar refractivity (Wildman–Crippen MR) is 85.5 cm³/mol. The summed E-state index contributed by atoms with van der Waals surface area (Å²) in [5.74, 6) is 0.973. The number of nitrogens with zero attached hydrogens (tertiary/aromatic N) is 5. The highest BCUT2D eigenvalue weighted by Crippen LogP contribution is 2.26. The van der Waals surface area contributed by atoms with Gasteiger partial charge in [-0.2, -0.15) is 0 Å². The van der Waals surface area contributed by atoms with Crippen molar-refractivity contribution in [2.75, 3.05) is 39.8 Å². The smallest absolute Gasteiger partial charge is 0.228 e. The van der Waals surface area contributed by atoms with E-state index in [1.807, 2.05) is 22.7 Å². The van der Waals surface area contributed by atoms with Gasteiger partial charge < -0.3 is 14.4 Å². The fourth-order valence-electron chi connectivity index (χ4n) is 3.63. The van der Waals surface area contributed by atoms with Crippen molar-refractivity contribution < 1.29 is 9.59 Å². The van der Waals surface area contributed by atoms with Gasteiger partial charge in [0.2, 0.25) is 11.8 Å². The largest absolute Gasteiger partial charge is 0.345 e. The molecule has 0 spiro atoms. The lowest BCUT2D eigenvalue weighted by Gasteiger charge is -2.41. The molecule has 2 amide bonds. The van der Waals surface area contributed by atoms with Crippen LogP contribution >= 0.6 is 0 Å². The number of imidazole rings is 1. The summed E-state index contributed by atoms with van der Waals surface area (Å²) in [7, 11) is 3.75. The number of aryl methyl sites for hydroxylation is 1. The SMILES string of the molecule is CCN1CCN(C(=O)[C@@H]2CC(=O)N(C)C2)C[C@@H]1c1nccn1C. The lowest BCUT2D eigenvalue weighted by Crippen LogP contribution is -2.52. The first-order valence-electron chi connectivity index (χ1n) is 8.25. The predicted octanol–water partition coefficient (Wildman–Crippen LogP) is 0.104. The molecule has 0 N–H and O–H groups in total. The van der Waals surface area contributed by atoms with E-state index in [1.54, 1.807) is 18.1 Å². The van der Waals surface area contributed by atoms with E-state index in [1.165, 1.54) is 0 Å². The van der Waals surface area contributed by atoms with Crippen LogP contribution in [0.3, 0.4) is 0 Å². The maximum Gasteiger partial charge on any atom is 0.228 e. The Balaban J connectivity index is 1.74. The number of carbonyl (C=O) groups is 2. The van der Waals surface area contributed by atoms with Crippen molar-refractivity contribution in [1.29, 1.82) is 0 Å². The van der Waals surface area contributed by atoms with Crippen molar-refractivity contribution in [3.05, 3.63) is 18.2 Å². The lowest BCUT2D eigenvalue weighted by molar-refractivity contribution is -0.139. The molecule has 0 saturated carbocycles. The van der Waals surface area contributed by atoms with Crippen LogP contribution in [0.1, 0.15) is 25.2 Å². The van der Waals surface area contributed by atoms with Crippen molar-refractivity contribution in [1.82, 2.24) is 24.3 Å². The van der Waals surface area contributed by atoms with Gasteiger partial charge in [0.05, 0.1) is 12.0 Å². The summed E-state index contributed by atoms with van der Waals surface area (Å²) >= 11 is 0. The molecular weight excluding hydrogens is 294 g/mol. The molecule has 2 fully saturated rings. The Bertz CT molecular complexity index is 599. The third-order valence-corrected chi connectivity index (χ3v) is 5.06. The minimum Gasteiger partial charge on any atom is -0.345 e. The first-order valence-corrected chi connectivity index (χ1v) is 8.25. The van der Waals surface area contributed by atoms with Gasteiger partial charge in [-0.1, -0.05) is 6.92 Å². The van der Waals surface area contributed by atoms with Crippen LogP contribution in [0.5, 0.6) is 0 Å². The Hall–Kier alpha value is -1.89. The maximum absolute atomic E-state index is 12.8. The topological polar surface area (TPSA) is 61.7 Å². The second-order valence-electron chi connectivity index (χ2n) is 6.50. The first kappa shape index (κ1) is 16.0. The van der Waals surface area contributed by atoms with E-state index >= 15 is 0 Å². The first-order chi connectivity index (χ1) is 11.0. The number of likely N-dealkylation sites (N-methyl/N-ethyl adjacent to an activating group) is 1. The van der Waals surface area contributed by atoms with Crippen molar-refractivity contribution in [3.8, 4) is 0 Å². The number of likely N-dealkylation sites (tertiary alicyclic amines) is 1. The van der Waals surface area contributed by atoms with Gasteiger partial charge in [-0.15, -0.1) is 0 Å². The summed E-state index contributed by atoms with van der Waals surface area (Å²) in [5, 5.41) is 0. The summed E-state index contributed by atoms with van der Waals surface area (Å²) < 4.78 is 2.02. The Morgan fingerprint density at radius 3 is 2.65 bits per heavy atom.